The molecule has 10 heteroatoms. The molecular weight excluding hydrogens is 545 g/mol. The predicted octanol–water partition coefficient (Wildman–Crippen LogP) is 5.76. The number of sulfonamides is 1. The van der Waals surface area contributed by atoms with Crippen molar-refractivity contribution < 1.29 is 27.1 Å². The lowest BCUT2D eigenvalue weighted by molar-refractivity contribution is 0.0976. The van der Waals surface area contributed by atoms with E-state index in [1.165, 1.54) is 36.4 Å². The van der Waals surface area contributed by atoms with Gasteiger partial charge in [0.2, 0.25) is 5.88 Å². The van der Waals surface area contributed by atoms with Gasteiger partial charge in [0.15, 0.2) is 5.03 Å². The summed E-state index contributed by atoms with van der Waals surface area (Å²) >= 11 is 0. The van der Waals surface area contributed by atoms with Gasteiger partial charge in [0.25, 0.3) is 15.9 Å². The van der Waals surface area contributed by atoms with Crippen LogP contribution in [-0.2, 0) is 16.4 Å². The number of ether oxygens (including phenoxy) is 2. The predicted molar refractivity (Wildman–Crippen MR) is 154 cm³/mol. The summed E-state index contributed by atoms with van der Waals surface area (Å²) in [6.45, 7) is 6.25. The van der Waals surface area contributed by atoms with Gasteiger partial charge in [-0.15, -0.1) is 0 Å². The first-order valence-electron chi connectivity index (χ1n) is 13.2. The van der Waals surface area contributed by atoms with E-state index >= 15 is 0 Å². The van der Waals surface area contributed by atoms with Gasteiger partial charge in [-0.25, -0.2) is 19.1 Å². The van der Waals surface area contributed by atoms with Gasteiger partial charge in [-0.1, -0.05) is 50.2 Å². The second-order valence-corrected chi connectivity index (χ2v) is 11.5. The maximum absolute atomic E-state index is 14.5. The molecule has 0 unspecified atom stereocenters. The van der Waals surface area contributed by atoms with E-state index in [1.54, 1.807) is 19.1 Å². The molecule has 214 valence electrons. The van der Waals surface area contributed by atoms with Gasteiger partial charge < -0.3 is 9.47 Å². The minimum Gasteiger partial charge on any atom is -0.493 e. The van der Waals surface area contributed by atoms with Gasteiger partial charge in [0, 0.05) is 17.3 Å². The van der Waals surface area contributed by atoms with E-state index in [-0.39, 0.29) is 29.0 Å². The summed E-state index contributed by atoms with van der Waals surface area (Å²) in [4.78, 5) is 21.7. The average molecular weight is 578 g/mol. The summed E-state index contributed by atoms with van der Waals surface area (Å²) in [6.07, 6.45) is 1.35. The van der Waals surface area contributed by atoms with Crippen molar-refractivity contribution in [1.29, 1.82) is 0 Å². The third kappa shape index (κ3) is 8.34. The Bertz CT molecular complexity index is 1610. The summed E-state index contributed by atoms with van der Waals surface area (Å²) in [6, 6.07) is 21.5. The fourth-order valence-corrected chi connectivity index (χ4v) is 4.91. The van der Waals surface area contributed by atoms with Crippen LogP contribution in [0, 0.1) is 18.7 Å². The number of halogens is 1. The Kier molecular flexibility index (Phi) is 9.67. The van der Waals surface area contributed by atoms with Crippen LogP contribution in [0.5, 0.6) is 11.6 Å². The van der Waals surface area contributed by atoms with Gasteiger partial charge >= 0.3 is 0 Å². The summed E-state index contributed by atoms with van der Waals surface area (Å²) < 4.78 is 53.8. The van der Waals surface area contributed by atoms with Crippen molar-refractivity contribution >= 4 is 15.9 Å². The first-order chi connectivity index (χ1) is 19.6. The third-order valence-corrected chi connectivity index (χ3v) is 7.14. The Morgan fingerprint density at radius 2 is 1.73 bits per heavy atom. The number of amides is 1. The van der Waals surface area contributed by atoms with Gasteiger partial charge in [-0.2, -0.15) is 8.42 Å². The van der Waals surface area contributed by atoms with Gasteiger partial charge in [-0.3, -0.25) is 4.79 Å². The highest BCUT2D eigenvalue weighted by atomic mass is 32.2. The summed E-state index contributed by atoms with van der Waals surface area (Å²) in [7, 11) is -4.26. The number of rotatable bonds is 12. The molecule has 0 spiro atoms. The van der Waals surface area contributed by atoms with Crippen LogP contribution in [0.1, 0.15) is 41.9 Å². The maximum atomic E-state index is 14.5. The molecule has 0 bridgehead atoms. The molecule has 0 fully saturated rings. The second-order valence-electron chi connectivity index (χ2n) is 9.92. The highest BCUT2D eigenvalue weighted by molar-refractivity contribution is 7.90. The van der Waals surface area contributed by atoms with E-state index < -0.39 is 21.7 Å². The number of carbonyl (C=O) groups excluding carboxylic acids is 1. The van der Waals surface area contributed by atoms with E-state index in [9.17, 15) is 17.6 Å². The first kappa shape index (κ1) is 29.7. The molecule has 0 atom stereocenters. The molecule has 2 aromatic heterocycles. The lowest BCUT2D eigenvalue weighted by atomic mass is 10.1. The normalized spacial score (nSPS) is 11.3. The van der Waals surface area contributed by atoms with Crippen molar-refractivity contribution in [3.63, 3.8) is 0 Å². The third-order valence-electron chi connectivity index (χ3n) is 5.91. The average Bonchev–Trinajstić information content (AvgIpc) is 2.94. The molecule has 4 rings (SSSR count). The minimum atomic E-state index is -4.26. The number of nitrogens with one attached hydrogen (secondary N) is 1. The standard InChI is InChI=1S/C31H32FN3O5S/c1-21(2)20-40-26-18-24(17-25(32)19-26)28-15-14-27(30(36)35-41(37,38)29-13-7-9-22(3)33-29)31(34-28)39-16-8-12-23-10-5-4-6-11-23/h4-7,9-11,13-15,17-19,21H,8,12,16,20H2,1-3H3,(H,35,36). The molecule has 2 aromatic carbocycles. The van der Waals surface area contributed by atoms with Crippen LogP contribution in [0.2, 0.25) is 0 Å². The number of benzene rings is 2. The Morgan fingerprint density at radius 1 is 0.951 bits per heavy atom. The number of nitrogens with zero attached hydrogens (tertiary/aromatic N) is 2. The van der Waals surface area contributed by atoms with Crippen molar-refractivity contribution in [2.24, 2.45) is 5.92 Å². The largest absolute Gasteiger partial charge is 0.493 e. The van der Waals surface area contributed by atoms with Gasteiger partial charge in [-0.05, 0) is 67.6 Å². The van der Waals surface area contributed by atoms with Crippen molar-refractivity contribution in [2.75, 3.05) is 13.2 Å². The molecule has 4 aromatic rings. The number of carbonyl (C=O) groups is 1. The molecule has 0 aliphatic heterocycles. The number of pyridine rings is 2. The van der Waals surface area contributed by atoms with Crippen molar-refractivity contribution in [1.82, 2.24) is 14.7 Å². The first-order valence-corrected chi connectivity index (χ1v) is 14.7. The second kappa shape index (κ2) is 13.4. The van der Waals surface area contributed by atoms with E-state index in [4.69, 9.17) is 9.47 Å². The molecular formula is C31H32FN3O5S. The Hall–Kier alpha value is -4.31. The molecule has 1 amide bonds. The fourth-order valence-electron chi connectivity index (χ4n) is 3.93. The topological polar surface area (TPSA) is 107 Å². The molecule has 0 saturated carbocycles. The maximum Gasteiger partial charge on any atom is 0.281 e. The molecule has 2 heterocycles. The number of aryl methyl sites for hydroxylation is 2. The lowest BCUT2D eigenvalue weighted by Crippen LogP contribution is -2.31. The Labute approximate surface area is 239 Å². The molecule has 0 aliphatic rings. The smallest absolute Gasteiger partial charge is 0.281 e. The molecule has 41 heavy (non-hydrogen) atoms. The highest BCUT2D eigenvalue weighted by Gasteiger charge is 2.24. The summed E-state index contributed by atoms with van der Waals surface area (Å²) in [5, 5.41) is -0.283. The van der Waals surface area contributed by atoms with Crippen LogP contribution < -0.4 is 14.2 Å². The number of hydrogen-bond donors (Lipinski definition) is 1. The van der Waals surface area contributed by atoms with Gasteiger partial charge in [0.1, 0.15) is 17.1 Å². The Morgan fingerprint density at radius 3 is 2.46 bits per heavy atom. The summed E-state index contributed by atoms with van der Waals surface area (Å²) in [5.74, 6) is -0.911. The molecule has 0 radical (unpaired) electrons. The Balaban J connectivity index is 1.61. The highest BCUT2D eigenvalue weighted by Crippen LogP contribution is 2.28. The summed E-state index contributed by atoms with van der Waals surface area (Å²) in [5.41, 5.74) is 2.28. The minimum absolute atomic E-state index is 0.0747. The quantitative estimate of drug-likeness (QED) is 0.214. The molecule has 1 N–H and O–H groups in total. The van der Waals surface area contributed by atoms with Crippen LogP contribution in [-0.4, -0.2) is 37.5 Å². The van der Waals surface area contributed by atoms with E-state index in [0.29, 0.717) is 35.7 Å². The molecule has 8 nitrogen and oxygen atoms in total. The SMILES string of the molecule is Cc1cccc(S(=O)(=O)NC(=O)c2ccc(-c3cc(F)cc(OCC(C)C)c3)nc2OCCCc2ccccc2)n1. The van der Waals surface area contributed by atoms with Gasteiger partial charge in [0.05, 0.1) is 18.9 Å². The van der Waals surface area contributed by atoms with Crippen LogP contribution in [0.4, 0.5) is 4.39 Å². The van der Waals surface area contributed by atoms with Crippen LogP contribution in [0.3, 0.4) is 0 Å². The van der Waals surface area contributed by atoms with Crippen molar-refractivity contribution in [3.05, 3.63) is 102 Å². The zero-order chi connectivity index (χ0) is 29.4. The van der Waals surface area contributed by atoms with Crippen LogP contribution >= 0.6 is 0 Å². The van der Waals surface area contributed by atoms with Crippen LogP contribution in [0.25, 0.3) is 11.3 Å². The van der Waals surface area contributed by atoms with E-state index in [0.717, 1.165) is 12.0 Å². The van der Waals surface area contributed by atoms with Crippen LogP contribution in [0.15, 0.2) is 83.9 Å². The van der Waals surface area contributed by atoms with Crippen molar-refractivity contribution in [2.45, 2.75) is 38.6 Å². The number of aromatic nitrogens is 2. The molecule has 0 saturated heterocycles. The van der Waals surface area contributed by atoms with Crippen molar-refractivity contribution in [3.8, 4) is 22.9 Å². The molecule has 0 aliphatic carbocycles. The zero-order valence-electron chi connectivity index (χ0n) is 23.1. The zero-order valence-corrected chi connectivity index (χ0v) is 23.9. The lowest BCUT2D eigenvalue weighted by Gasteiger charge is -2.14. The van der Waals surface area contributed by atoms with E-state index in [1.807, 2.05) is 48.9 Å². The number of hydrogen-bond acceptors (Lipinski definition) is 7. The monoisotopic (exact) mass is 577 g/mol. The van der Waals surface area contributed by atoms with E-state index in [2.05, 4.69) is 9.97 Å². The fraction of sp³-hybridized carbons (Fsp3) is 0.258.